The Kier molecular flexibility index (Phi) is 6.73. The number of nitrogens with zero attached hydrogens (tertiary/aromatic N) is 4. The third-order valence-electron chi connectivity index (χ3n) is 10.5. The summed E-state index contributed by atoms with van der Waals surface area (Å²) in [5.41, 5.74) is 1.52. The molecule has 0 amide bonds. The van der Waals surface area contributed by atoms with E-state index in [4.69, 9.17) is 9.72 Å². The van der Waals surface area contributed by atoms with E-state index in [1.54, 1.807) is 24.3 Å². The van der Waals surface area contributed by atoms with E-state index in [0.29, 0.717) is 48.1 Å². The fraction of sp³-hybridized carbons (Fsp3) is 0.471. The van der Waals surface area contributed by atoms with Crippen molar-refractivity contribution in [2.24, 2.45) is 0 Å². The van der Waals surface area contributed by atoms with E-state index >= 15 is 4.39 Å². The Morgan fingerprint density at radius 2 is 1.89 bits per heavy atom. The van der Waals surface area contributed by atoms with Crippen molar-refractivity contribution < 1.29 is 27.0 Å². The summed E-state index contributed by atoms with van der Waals surface area (Å²) < 4.78 is 62.9. The summed E-state index contributed by atoms with van der Waals surface area (Å²) >= 11 is 0. The van der Waals surface area contributed by atoms with Gasteiger partial charge in [0, 0.05) is 36.0 Å². The molecule has 4 saturated heterocycles. The molecular formula is C34H36F2N4O4S. The van der Waals surface area contributed by atoms with Crippen LogP contribution in [0.1, 0.15) is 44.6 Å². The van der Waals surface area contributed by atoms with Crippen LogP contribution in [0.25, 0.3) is 32.8 Å². The van der Waals surface area contributed by atoms with Gasteiger partial charge in [0.1, 0.15) is 29.9 Å². The van der Waals surface area contributed by atoms with E-state index in [1.165, 1.54) is 0 Å². The van der Waals surface area contributed by atoms with Crippen LogP contribution in [0.15, 0.2) is 42.5 Å². The maximum atomic E-state index is 16.9. The molecule has 1 N–H and O–H groups in total. The number of rotatable bonds is 6. The van der Waals surface area contributed by atoms with E-state index in [1.807, 2.05) is 30.0 Å². The third-order valence-corrected chi connectivity index (χ3v) is 12.3. The molecule has 2 bridgehead atoms. The second kappa shape index (κ2) is 10.5. The molecule has 0 radical (unpaired) electrons. The number of phenolic OH excluding ortho intramolecular Hbond substituents is 1. The number of anilines is 1. The molecule has 0 saturated carbocycles. The van der Waals surface area contributed by atoms with E-state index in [2.05, 4.69) is 9.88 Å². The van der Waals surface area contributed by atoms with Gasteiger partial charge in [0.05, 0.1) is 17.0 Å². The zero-order valence-corrected chi connectivity index (χ0v) is 26.0. The molecule has 4 aromatic rings. The average molecular weight is 635 g/mol. The predicted molar refractivity (Wildman–Crippen MR) is 170 cm³/mol. The Labute approximate surface area is 260 Å². The molecule has 0 aliphatic carbocycles. The van der Waals surface area contributed by atoms with Gasteiger partial charge in [-0.25, -0.2) is 17.2 Å². The highest BCUT2D eigenvalue weighted by Crippen LogP contribution is 2.44. The highest BCUT2D eigenvalue weighted by molar-refractivity contribution is 7.91. The molecule has 1 aromatic heterocycles. The van der Waals surface area contributed by atoms with Crippen molar-refractivity contribution >= 4 is 37.3 Å². The van der Waals surface area contributed by atoms with Gasteiger partial charge in [0.25, 0.3) is 0 Å². The molecule has 4 atom stereocenters. The van der Waals surface area contributed by atoms with Crippen molar-refractivity contribution in [3.05, 3.63) is 53.8 Å². The molecule has 8 rings (SSSR count). The van der Waals surface area contributed by atoms with Crippen molar-refractivity contribution in [2.45, 2.75) is 69.2 Å². The Balaban J connectivity index is 1.29. The van der Waals surface area contributed by atoms with Crippen molar-refractivity contribution in [1.82, 2.24) is 14.9 Å². The molecule has 8 nitrogen and oxygen atoms in total. The molecule has 4 fully saturated rings. The molecular weight excluding hydrogens is 598 g/mol. The van der Waals surface area contributed by atoms with Crippen LogP contribution in [0.5, 0.6) is 11.8 Å². The van der Waals surface area contributed by atoms with Crippen LogP contribution < -0.4 is 9.64 Å². The number of halogens is 2. The summed E-state index contributed by atoms with van der Waals surface area (Å²) in [6, 6.07) is 12.1. The number of sulfone groups is 1. The number of fused-ring (bicyclic) bond motifs is 5. The first-order valence-electron chi connectivity index (χ1n) is 15.9. The summed E-state index contributed by atoms with van der Waals surface area (Å²) in [5, 5.41) is 12.8. The van der Waals surface area contributed by atoms with Crippen LogP contribution in [0.2, 0.25) is 0 Å². The van der Waals surface area contributed by atoms with Gasteiger partial charge in [-0.15, -0.1) is 0 Å². The lowest BCUT2D eigenvalue weighted by Crippen LogP contribution is -2.49. The number of alkyl halides is 1. The van der Waals surface area contributed by atoms with Crippen molar-refractivity contribution in [2.75, 3.05) is 36.1 Å². The van der Waals surface area contributed by atoms with Crippen molar-refractivity contribution in [3.8, 4) is 22.9 Å². The van der Waals surface area contributed by atoms with Gasteiger partial charge in [-0.3, -0.25) is 4.90 Å². The molecule has 4 aliphatic heterocycles. The van der Waals surface area contributed by atoms with Crippen LogP contribution in [-0.4, -0.2) is 83.4 Å². The second-order valence-corrected chi connectivity index (χ2v) is 15.4. The van der Waals surface area contributed by atoms with Crippen LogP contribution in [-0.2, 0) is 16.3 Å². The van der Waals surface area contributed by atoms with Gasteiger partial charge >= 0.3 is 6.01 Å². The summed E-state index contributed by atoms with van der Waals surface area (Å²) in [5.74, 6) is -0.0190. The standard InChI is InChI=1S/C34H36F2N4O4S/c1-2-20-5-3-6-21-13-25(41)14-28(29(20)21)26-9-10-27-31(30(26)36)37-33(44-19-34-11-4-12-39(34)16-22(35)15-34)38-32(27)40-23-7-8-24(40)18-45(42,43)17-23/h3,5-6,9-10,13-14,22-24,41H,2,4,7-8,11-12,15-19H2,1H3/t22-,23?,24?,34+/m1/s1. The van der Waals surface area contributed by atoms with Crippen LogP contribution in [0.3, 0.4) is 0 Å². The van der Waals surface area contributed by atoms with E-state index in [-0.39, 0.29) is 47.5 Å². The lowest BCUT2D eigenvalue weighted by molar-refractivity contribution is 0.107. The highest BCUT2D eigenvalue weighted by Gasteiger charge is 2.50. The second-order valence-electron chi connectivity index (χ2n) is 13.2. The van der Waals surface area contributed by atoms with Gasteiger partial charge in [0.15, 0.2) is 15.7 Å². The number of aryl methyl sites for hydroxylation is 1. The number of hydrogen-bond donors (Lipinski definition) is 1. The monoisotopic (exact) mass is 634 g/mol. The maximum absolute atomic E-state index is 16.9. The van der Waals surface area contributed by atoms with Crippen molar-refractivity contribution in [3.63, 3.8) is 0 Å². The first-order chi connectivity index (χ1) is 21.6. The number of ether oxygens (including phenoxy) is 1. The van der Waals surface area contributed by atoms with Crippen molar-refractivity contribution in [1.29, 1.82) is 0 Å². The Morgan fingerprint density at radius 3 is 2.67 bits per heavy atom. The smallest absolute Gasteiger partial charge is 0.319 e. The number of phenols is 1. The van der Waals surface area contributed by atoms with Gasteiger partial charge in [-0.1, -0.05) is 31.2 Å². The number of benzene rings is 3. The van der Waals surface area contributed by atoms with Crippen LogP contribution >= 0.6 is 0 Å². The van der Waals surface area contributed by atoms with Gasteiger partial charge in [-0.05, 0) is 78.7 Å². The molecule has 11 heteroatoms. The lowest BCUT2D eigenvalue weighted by Gasteiger charge is -2.36. The highest BCUT2D eigenvalue weighted by atomic mass is 32.2. The van der Waals surface area contributed by atoms with E-state index in [0.717, 1.165) is 42.1 Å². The molecule has 45 heavy (non-hydrogen) atoms. The minimum absolute atomic E-state index is 0.0000667. The number of aromatic nitrogens is 2. The minimum atomic E-state index is -3.20. The fourth-order valence-electron chi connectivity index (χ4n) is 8.53. The van der Waals surface area contributed by atoms with E-state index in [9.17, 15) is 17.9 Å². The molecule has 4 aliphatic rings. The Morgan fingerprint density at radius 1 is 1.09 bits per heavy atom. The number of hydrogen-bond acceptors (Lipinski definition) is 8. The summed E-state index contributed by atoms with van der Waals surface area (Å²) in [6.07, 6.45) is 3.37. The summed E-state index contributed by atoms with van der Waals surface area (Å²) in [7, 11) is -3.20. The summed E-state index contributed by atoms with van der Waals surface area (Å²) in [6.45, 7) is 3.43. The average Bonchev–Trinajstić information content (AvgIpc) is 3.62. The topological polar surface area (TPSA) is 95.9 Å². The summed E-state index contributed by atoms with van der Waals surface area (Å²) in [4.78, 5) is 13.6. The lowest BCUT2D eigenvalue weighted by atomic mass is 9.92. The van der Waals surface area contributed by atoms with Gasteiger partial charge in [-0.2, -0.15) is 9.97 Å². The molecule has 3 aromatic carbocycles. The zero-order valence-electron chi connectivity index (χ0n) is 25.2. The molecule has 236 valence electrons. The normalized spacial score (nSPS) is 27.4. The van der Waals surface area contributed by atoms with Gasteiger partial charge < -0.3 is 14.7 Å². The third kappa shape index (κ3) is 4.72. The zero-order chi connectivity index (χ0) is 31.1. The van der Waals surface area contributed by atoms with Crippen LogP contribution in [0, 0.1) is 5.82 Å². The first kappa shape index (κ1) is 28.9. The van der Waals surface area contributed by atoms with Crippen LogP contribution in [0.4, 0.5) is 14.6 Å². The molecule has 5 heterocycles. The molecule has 2 unspecified atom stereocenters. The quantitative estimate of drug-likeness (QED) is 0.294. The molecule has 0 spiro atoms. The largest absolute Gasteiger partial charge is 0.508 e. The van der Waals surface area contributed by atoms with E-state index < -0.39 is 27.4 Å². The SMILES string of the molecule is CCc1cccc2cc(O)cc(-c3ccc4c(N5C6CCC5CS(=O)(=O)C6)nc(OC[C@@]56CCCN5C[C@H](F)C6)nc4c3F)c12. The minimum Gasteiger partial charge on any atom is -0.508 e. The Hall–Kier alpha value is -3.57. The number of aromatic hydroxyl groups is 1. The van der Waals surface area contributed by atoms with Gasteiger partial charge in [0.2, 0.25) is 0 Å². The Bertz CT molecular complexity index is 1940. The first-order valence-corrected chi connectivity index (χ1v) is 17.7. The fourth-order valence-corrected chi connectivity index (χ4v) is 10.5. The predicted octanol–water partition coefficient (Wildman–Crippen LogP) is 5.58. The maximum Gasteiger partial charge on any atom is 0.319 e.